The Hall–Kier alpha value is -3.94. The summed E-state index contributed by atoms with van der Waals surface area (Å²) in [6.45, 7) is 0.0290. The van der Waals surface area contributed by atoms with Gasteiger partial charge in [0.1, 0.15) is 0 Å². The van der Waals surface area contributed by atoms with Crippen LogP contribution in [0.3, 0.4) is 0 Å². The van der Waals surface area contributed by atoms with Crippen molar-refractivity contribution in [3.8, 4) is 5.75 Å². The van der Waals surface area contributed by atoms with Crippen LogP contribution in [-0.2, 0) is 4.79 Å². The molecule has 1 amide bonds. The van der Waals surface area contributed by atoms with E-state index in [-0.39, 0.29) is 12.5 Å². The zero-order chi connectivity index (χ0) is 19.2. The number of rotatable bonds is 6. The minimum atomic E-state index is -0.684. The molecule has 0 aliphatic carbocycles. The summed E-state index contributed by atoms with van der Waals surface area (Å²) < 4.78 is 0. The lowest BCUT2D eigenvalue weighted by Crippen LogP contribution is -2.25. The van der Waals surface area contributed by atoms with Gasteiger partial charge in [-0.1, -0.05) is 30.3 Å². The van der Waals surface area contributed by atoms with Crippen molar-refractivity contribution in [3.63, 3.8) is 0 Å². The van der Waals surface area contributed by atoms with E-state index >= 15 is 0 Å². The molecule has 0 aliphatic heterocycles. The summed E-state index contributed by atoms with van der Waals surface area (Å²) >= 11 is 0. The molecule has 136 valence electrons. The van der Waals surface area contributed by atoms with E-state index in [9.17, 15) is 20.0 Å². The number of hydrogen-bond acceptors (Lipinski definition) is 6. The van der Waals surface area contributed by atoms with Gasteiger partial charge in [-0.15, -0.1) is 0 Å². The number of aromatic hydroxyl groups is 1. The average molecular weight is 364 g/mol. The summed E-state index contributed by atoms with van der Waals surface area (Å²) in [5.41, 5.74) is 3.19. The van der Waals surface area contributed by atoms with E-state index in [4.69, 9.17) is 0 Å². The van der Waals surface area contributed by atoms with Crippen LogP contribution < -0.4 is 10.7 Å². The molecule has 8 nitrogen and oxygen atoms in total. The molecule has 0 heterocycles. The molecule has 8 heteroatoms. The Balaban J connectivity index is 1.53. The number of benzene rings is 3. The highest BCUT2D eigenvalue weighted by Crippen LogP contribution is 2.25. The van der Waals surface area contributed by atoms with Crippen LogP contribution >= 0.6 is 0 Å². The van der Waals surface area contributed by atoms with Crippen LogP contribution in [-0.4, -0.2) is 28.7 Å². The van der Waals surface area contributed by atoms with Gasteiger partial charge < -0.3 is 10.4 Å². The maximum Gasteiger partial charge on any atom is 0.310 e. The summed E-state index contributed by atoms with van der Waals surface area (Å²) in [6, 6.07) is 17.5. The number of hydrogen-bond donors (Lipinski definition) is 3. The number of hydrazone groups is 1. The van der Waals surface area contributed by atoms with Gasteiger partial charge in [0.15, 0.2) is 5.75 Å². The molecule has 0 unspecified atom stereocenters. The van der Waals surface area contributed by atoms with Gasteiger partial charge in [0.2, 0.25) is 0 Å². The van der Waals surface area contributed by atoms with Gasteiger partial charge >= 0.3 is 5.69 Å². The third kappa shape index (κ3) is 4.57. The highest BCUT2D eigenvalue weighted by molar-refractivity contribution is 5.87. The molecule has 3 aromatic rings. The first-order valence-electron chi connectivity index (χ1n) is 8.05. The summed E-state index contributed by atoms with van der Waals surface area (Å²) in [5.74, 6) is -0.821. The van der Waals surface area contributed by atoms with Gasteiger partial charge in [0.25, 0.3) is 5.91 Å². The van der Waals surface area contributed by atoms with Crippen LogP contribution in [0.25, 0.3) is 10.8 Å². The van der Waals surface area contributed by atoms with Gasteiger partial charge in [0.05, 0.1) is 17.7 Å². The second kappa shape index (κ2) is 7.96. The van der Waals surface area contributed by atoms with E-state index in [1.807, 2.05) is 42.5 Å². The van der Waals surface area contributed by atoms with E-state index in [1.54, 1.807) is 0 Å². The summed E-state index contributed by atoms with van der Waals surface area (Å²) in [5, 5.41) is 29.2. The first kappa shape index (κ1) is 17.9. The fourth-order valence-corrected chi connectivity index (χ4v) is 2.48. The minimum Gasteiger partial charge on any atom is -0.502 e. The molecule has 0 saturated carbocycles. The predicted molar refractivity (Wildman–Crippen MR) is 103 cm³/mol. The number of fused-ring (bicyclic) bond motifs is 1. The number of nitro benzene ring substituents is 1. The van der Waals surface area contributed by atoms with Crippen molar-refractivity contribution in [2.75, 3.05) is 11.9 Å². The standard InChI is InChI=1S/C19H16N4O4/c24-18-9-13(5-8-17(18)23(26)27)11-21-22-19(25)12-20-16-7-6-14-3-1-2-4-15(14)10-16/h1-11,20,24H,12H2,(H,22,25). The lowest BCUT2D eigenvalue weighted by molar-refractivity contribution is -0.385. The van der Waals surface area contributed by atoms with E-state index in [0.29, 0.717) is 5.56 Å². The molecule has 0 aliphatic rings. The van der Waals surface area contributed by atoms with Crippen LogP contribution in [0, 0.1) is 10.1 Å². The van der Waals surface area contributed by atoms with Crippen molar-refractivity contribution in [1.29, 1.82) is 0 Å². The lowest BCUT2D eigenvalue weighted by atomic mass is 10.1. The zero-order valence-corrected chi connectivity index (χ0v) is 14.1. The van der Waals surface area contributed by atoms with Crippen LogP contribution in [0.5, 0.6) is 5.75 Å². The molecule has 0 saturated heterocycles. The predicted octanol–water partition coefficient (Wildman–Crippen LogP) is 3.02. The van der Waals surface area contributed by atoms with Crippen molar-refractivity contribution in [3.05, 3.63) is 76.3 Å². The molecule has 3 rings (SSSR count). The maximum atomic E-state index is 11.9. The topological polar surface area (TPSA) is 117 Å². The van der Waals surface area contributed by atoms with E-state index in [1.165, 1.54) is 24.4 Å². The molecular formula is C19H16N4O4. The number of anilines is 1. The quantitative estimate of drug-likeness (QED) is 0.353. The number of carbonyl (C=O) groups excluding carboxylic acids is 1. The second-order valence-electron chi connectivity index (χ2n) is 5.71. The van der Waals surface area contributed by atoms with Crippen LogP contribution in [0.1, 0.15) is 5.56 Å². The van der Waals surface area contributed by atoms with Crippen LogP contribution in [0.2, 0.25) is 0 Å². The van der Waals surface area contributed by atoms with Crippen molar-refractivity contribution < 1.29 is 14.8 Å². The molecule has 0 spiro atoms. The largest absolute Gasteiger partial charge is 0.502 e. The number of carbonyl (C=O) groups is 1. The Bertz CT molecular complexity index is 1030. The maximum absolute atomic E-state index is 11.9. The molecule has 0 bridgehead atoms. The third-order valence-electron chi connectivity index (χ3n) is 3.80. The minimum absolute atomic E-state index is 0.0290. The summed E-state index contributed by atoms with van der Waals surface area (Å²) in [7, 11) is 0. The van der Waals surface area contributed by atoms with Crippen molar-refractivity contribution in [2.45, 2.75) is 0 Å². The number of amides is 1. The molecule has 0 atom stereocenters. The van der Waals surface area contributed by atoms with Crippen molar-refractivity contribution in [1.82, 2.24) is 5.43 Å². The smallest absolute Gasteiger partial charge is 0.310 e. The molecule has 0 radical (unpaired) electrons. The lowest BCUT2D eigenvalue weighted by Gasteiger charge is -2.06. The van der Waals surface area contributed by atoms with Gasteiger partial charge in [-0.2, -0.15) is 5.10 Å². The van der Waals surface area contributed by atoms with E-state index < -0.39 is 16.4 Å². The highest BCUT2D eigenvalue weighted by atomic mass is 16.6. The summed E-state index contributed by atoms with van der Waals surface area (Å²) in [4.78, 5) is 21.8. The Labute approximate surface area is 154 Å². The number of phenols is 1. The van der Waals surface area contributed by atoms with Crippen LogP contribution in [0.15, 0.2) is 65.8 Å². The first-order valence-corrected chi connectivity index (χ1v) is 8.05. The molecular weight excluding hydrogens is 348 g/mol. The molecule has 0 fully saturated rings. The van der Waals surface area contributed by atoms with Crippen molar-refractivity contribution in [2.24, 2.45) is 5.10 Å². The van der Waals surface area contributed by atoms with Crippen molar-refractivity contribution >= 4 is 34.3 Å². The molecule has 3 aromatic carbocycles. The normalized spacial score (nSPS) is 10.8. The van der Waals surface area contributed by atoms with Gasteiger partial charge in [0, 0.05) is 11.8 Å². The second-order valence-corrected chi connectivity index (χ2v) is 5.71. The number of nitro groups is 1. The Kier molecular flexibility index (Phi) is 5.27. The fourth-order valence-electron chi connectivity index (χ4n) is 2.48. The zero-order valence-electron chi connectivity index (χ0n) is 14.1. The monoisotopic (exact) mass is 364 g/mol. The van der Waals surface area contributed by atoms with Gasteiger partial charge in [-0.3, -0.25) is 14.9 Å². The van der Waals surface area contributed by atoms with E-state index in [2.05, 4.69) is 15.8 Å². The van der Waals surface area contributed by atoms with Gasteiger partial charge in [-0.25, -0.2) is 5.43 Å². The van der Waals surface area contributed by atoms with Crippen LogP contribution in [0.4, 0.5) is 11.4 Å². The Morgan fingerprint density at radius 3 is 2.63 bits per heavy atom. The van der Waals surface area contributed by atoms with E-state index in [0.717, 1.165) is 16.5 Å². The Morgan fingerprint density at radius 2 is 1.89 bits per heavy atom. The fraction of sp³-hybridized carbons (Fsp3) is 0.0526. The average Bonchev–Trinajstić information content (AvgIpc) is 2.66. The molecule has 0 aromatic heterocycles. The molecule has 27 heavy (non-hydrogen) atoms. The molecule has 3 N–H and O–H groups in total. The Morgan fingerprint density at radius 1 is 1.11 bits per heavy atom. The number of phenolic OH excluding ortho intramolecular Hbond substituents is 1. The summed E-state index contributed by atoms with van der Waals surface area (Å²) in [6.07, 6.45) is 1.29. The SMILES string of the molecule is O=C(CNc1ccc2ccccc2c1)NN=Cc1ccc([N+](=O)[O-])c(O)c1. The highest BCUT2D eigenvalue weighted by Gasteiger charge is 2.12. The third-order valence-corrected chi connectivity index (χ3v) is 3.80. The first-order chi connectivity index (χ1) is 13.0. The number of nitrogens with zero attached hydrogens (tertiary/aromatic N) is 2. The number of nitrogens with one attached hydrogen (secondary N) is 2. The van der Waals surface area contributed by atoms with Gasteiger partial charge in [-0.05, 0) is 40.6 Å².